The van der Waals surface area contributed by atoms with Crippen LogP contribution >= 0.6 is 0 Å². The van der Waals surface area contributed by atoms with Gasteiger partial charge in [-0.1, -0.05) is 6.07 Å². The lowest BCUT2D eigenvalue weighted by molar-refractivity contribution is 1.02. The molecule has 0 aliphatic heterocycles. The van der Waals surface area contributed by atoms with E-state index in [1.807, 2.05) is 32.2 Å². The first-order chi connectivity index (χ1) is 7.24. The maximum atomic E-state index is 4.21. The summed E-state index contributed by atoms with van der Waals surface area (Å²) in [6.45, 7) is 4.53. The molecule has 2 N–H and O–H groups in total. The number of pyridine rings is 1. The van der Waals surface area contributed by atoms with E-state index >= 15 is 0 Å². The van der Waals surface area contributed by atoms with Crippen LogP contribution in [0.1, 0.15) is 17.1 Å². The zero-order valence-electron chi connectivity index (χ0n) is 8.78. The molecular formula is C10H13N5. The Morgan fingerprint density at radius 1 is 1.27 bits per heavy atom. The second-order valence-electron chi connectivity index (χ2n) is 3.42. The predicted octanol–water partition coefficient (Wildman–Crippen LogP) is 1.43. The Balaban J connectivity index is 1.96. The van der Waals surface area contributed by atoms with Crippen molar-refractivity contribution in [3.8, 4) is 0 Å². The van der Waals surface area contributed by atoms with Crippen LogP contribution in [-0.4, -0.2) is 20.2 Å². The second-order valence-corrected chi connectivity index (χ2v) is 3.42. The summed E-state index contributed by atoms with van der Waals surface area (Å²) in [5.74, 6) is 1.49. The van der Waals surface area contributed by atoms with Crippen LogP contribution in [0.2, 0.25) is 0 Å². The van der Waals surface area contributed by atoms with Crippen molar-refractivity contribution in [3.05, 3.63) is 35.4 Å². The highest BCUT2D eigenvalue weighted by molar-refractivity contribution is 5.25. The summed E-state index contributed by atoms with van der Waals surface area (Å²) < 4.78 is 0. The second kappa shape index (κ2) is 4.08. The normalized spacial score (nSPS) is 10.3. The van der Waals surface area contributed by atoms with Crippen LogP contribution in [0.3, 0.4) is 0 Å². The maximum absolute atomic E-state index is 4.21. The number of rotatable bonds is 3. The van der Waals surface area contributed by atoms with Gasteiger partial charge in [-0.15, -0.1) is 10.2 Å². The van der Waals surface area contributed by atoms with Gasteiger partial charge in [0.2, 0.25) is 5.95 Å². The van der Waals surface area contributed by atoms with Crippen LogP contribution in [-0.2, 0) is 6.54 Å². The van der Waals surface area contributed by atoms with Gasteiger partial charge in [0.15, 0.2) is 0 Å². The van der Waals surface area contributed by atoms with E-state index in [1.165, 1.54) is 0 Å². The molecule has 78 valence electrons. The lowest BCUT2D eigenvalue weighted by atomic mass is 10.2. The van der Waals surface area contributed by atoms with E-state index in [1.54, 1.807) is 0 Å². The van der Waals surface area contributed by atoms with E-state index in [-0.39, 0.29) is 0 Å². The van der Waals surface area contributed by atoms with Crippen LogP contribution in [0.25, 0.3) is 0 Å². The molecule has 5 heteroatoms. The van der Waals surface area contributed by atoms with Gasteiger partial charge < -0.3 is 10.3 Å². The number of H-pyrrole nitrogens is 1. The summed E-state index contributed by atoms with van der Waals surface area (Å²) >= 11 is 0. The molecule has 0 aliphatic rings. The van der Waals surface area contributed by atoms with Gasteiger partial charge in [-0.25, -0.2) is 0 Å². The SMILES string of the molecule is Cc1ccc(CNc2nnc(C)[nH]2)cn1. The van der Waals surface area contributed by atoms with Gasteiger partial charge >= 0.3 is 0 Å². The highest BCUT2D eigenvalue weighted by atomic mass is 15.3. The molecular weight excluding hydrogens is 190 g/mol. The first-order valence-corrected chi connectivity index (χ1v) is 4.79. The number of aromatic amines is 1. The van der Waals surface area contributed by atoms with E-state index < -0.39 is 0 Å². The van der Waals surface area contributed by atoms with Crippen molar-refractivity contribution >= 4 is 5.95 Å². The van der Waals surface area contributed by atoms with Crippen LogP contribution in [0.5, 0.6) is 0 Å². The van der Waals surface area contributed by atoms with Gasteiger partial charge in [0.25, 0.3) is 0 Å². The summed E-state index contributed by atoms with van der Waals surface area (Å²) in [6, 6.07) is 4.03. The number of hydrogen-bond acceptors (Lipinski definition) is 4. The minimum absolute atomic E-state index is 0.688. The zero-order valence-corrected chi connectivity index (χ0v) is 8.78. The maximum Gasteiger partial charge on any atom is 0.222 e. The molecule has 0 aliphatic carbocycles. The molecule has 0 atom stereocenters. The smallest absolute Gasteiger partial charge is 0.222 e. The molecule has 0 bridgehead atoms. The van der Waals surface area contributed by atoms with Crippen molar-refractivity contribution in [1.29, 1.82) is 0 Å². The van der Waals surface area contributed by atoms with E-state index in [4.69, 9.17) is 0 Å². The van der Waals surface area contributed by atoms with E-state index in [0.717, 1.165) is 17.1 Å². The Bertz CT molecular complexity index is 431. The van der Waals surface area contributed by atoms with Gasteiger partial charge in [-0.05, 0) is 25.5 Å². The predicted molar refractivity (Wildman–Crippen MR) is 57.4 cm³/mol. The van der Waals surface area contributed by atoms with Crippen LogP contribution in [0.4, 0.5) is 5.95 Å². The fraction of sp³-hybridized carbons (Fsp3) is 0.300. The summed E-state index contributed by atoms with van der Waals surface area (Å²) in [7, 11) is 0. The van der Waals surface area contributed by atoms with E-state index in [0.29, 0.717) is 12.5 Å². The number of hydrogen-bond donors (Lipinski definition) is 2. The third kappa shape index (κ3) is 2.52. The number of nitrogens with zero attached hydrogens (tertiary/aromatic N) is 3. The van der Waals surface area contributed by atoms with Crippen LogP contribution in [0, 0.1) is 13.8 Å². The quantitative estimate of drug-likeness (QED) is 0.791. The van der Waals surface area contributed by atoms with Gasteiger partial charge in [-0.2, -0.15) is 0 Å². The highest BCUT2D eigenvalue weighted by Gasteiger charge is 1.98. The Morgan fingerprint density at radius 2 is 2.13 bits per heavy atom. The molecule has 2 rings (SSSR count). The molecule has 0 saturated heterocycles. The number of aryl methyl sites for hydroxylation is 2. The number of nitrogens with one attached hydrogen (secondary N) is 2. The first kappa shape index (κ1) is 9.64. The lowest BCUT2D eigenvalue weighted by Gasteiger charge is -2.02. The van der Waals surface area contributed by atoms with Gasteiger partial charge in [-0.3, -0.25) is 4.98 Å². The average molecular weight is 203 g/mol. The van der Waals surface area contributed by atoms with Crippen molar-refractivity contribution in [3.63, 3.8) is 0 Å². The van der Waals surface area contributed by atoms with Crippen molar-refractivity contribution in [2.75, 3.05) is 5.32 Å². The Morgan fingerprint density at radius 3 is 2.73 bits per heavy atom. The molecule has 15 heavy (non-hydrogen) atoms. The molecule has 2 aromatic heterocycles. The Hall–Kier alpha value is -1.91. The lowest BCUT2D eigenvalue weighted by Crippen LogP contribution is -2.01. The minimum atomic E-state index is 0.688. The summed E-state index contributed by atoms with van der Waals surface area (Å²) in [6.07, 6.45) is 1.85. The Kier molecular flexibility index (Phi) is 2.62. The van der Waals surface area contributed by atoms with Crippen molar-refractivity contribution < 1.29 is 0 Å². The highest BCUT2D eigenvalue weighted by Crippen LogP contribution is 2.03. The molecule has 0 unspecified atom stereocenters. The van der Waals surface area contributed by atoms with E-state index in [9.17, 15) is 0 Å². The summed E-state index contributed by atoms with van der Waals surface area (Å²) in [5.41, 5.74) is 2.14. The Labute approximate surface area is 88.0 Å². The summed E-state index contributed by atoms with van der Waals surface area (Å²) in [4.78, 5) is 7.21. The monoisotopic (exact) mass is 203 g/mol. The molecule has 0 saturated carbocycles. The molecule has 0 radical (unpaired) electrons. The van der Waals surface area contributed by atoms with Crippen molar-refractivity contribution in [2.45, 2.75) is 20.4 Å². The number of anilines is 1. The fourth-order valence-corrected chi connectivity index (χ4v) is 1.21. The van der Waals surface area contributed by atoms with Crippen molar-refractivity contribution in [2.24, 2.45) is 0 Å². The van der Waals surface area contributed by atoms with Gasteiger partial charge in [0.1, 0.15) is 5.82 Å². The van der Waals surface area contributed by atoms with Gasteiger partial charge in [0.05, 0.1) is 0 Å². The van der Waals surface area contributed by atoms with Crippen LogP contribution in [0.15, 0.2) is 18.3 Å². The van der Waals surface area contributed by atoms with Gasteiger partial charge in [0, 0.05) is 18.4 Å². The average Bonchev–Trinajstić information content (AvgIpc) is 2.64. The first-order valence-electron chi connectivity index (χ1n) is 4.79. The van der Waals surface area contributed by atoms with Crippen molar-refractivity contribution in [1.82, 2.24) is 20.2 Å². The third-order valence-electron chi connectivity index (χ3n) is 2.03. The molecule has 0 aromatic carbocycles. The molecule has 5 nitrogen and oxygen atoms in total. The summed E-state index contributed by atoms with van der Waals surface area (Å²) in [5, 5.41) is 10.9. The third-order valence-corrected chi connectivity index (χ3v) is 2.03. The standard InChI is InChI=1S/C10H13N5/c1-7-3-4-9(5-11-7)6-12-10-13-8(2)14-15-10/h3-5H,6H2,1-2H3,(H2,12,13,14,15). The van der Waals surface area contributed by atoms with E-state index in [2.05, 4.69) is 25.5 Å². The molecule has 0 spiro atoms. The largest absolute Gasteiger partial charge is 0.350 e. The molecule has 2 heterocycles. The minimum Gasteiger partial charge on any atom is -0.350 e. The molecule has 2 aromatic rings. The molecule has 0 amide bonds. The van der Waals surface area contributed by atoms with Crippen LogP contribution < -0.4 is 5.32 Å². The zero-order chi connectivity index (χ0) is 10.7. The topological polar surface area (TPSA) is 66.5 Å². The fourth-order valence-electron chi connectivity index (χ4n) is 1.21. The number of aromatic nitrogens is 4. The molecule has 0 fully saturated rings.